The maximum atomic E-state index is 6.10. The molecule has 1 aromatic rings. The van der Waals surface area contributed by atoms with Crippen LogP contribution in [0, 0.1) is 0 Å². The fraction of sp³-hybridized carbons (Fsp3) is 0.667. The highest BCUT2D eigenvalue weighted by Crippen LogP contribution is 2.40. The predicted molar refractivity (Wildman–Crippen MR) is 86.9 cm³/mol. The first-order valence-corrected chi connectivity index (χ1v) is 8.30. The van der Waals surface area contributed by atoms with Crippen molar-refractivity contribution in [2.24, 2.45) is 0 Å². The van der Waals surface area contributed by atoms with Crippen LogP contribution in [0.15, 0.2) is 24.3 Å². The Kier molecular flexibility index (Phi) is 6.07. The van der Waals surface area contributed by atoms with E-state index in [2.05, 4.69) is 44.3 Å². The highest BCUT2D eigenvalue weighted by atomic mass is 16.5. The summed E-state index contributed by atoms with van der Waals surface area (Å²) in [5, 5.41) is 3.68. The van der Waals surface area contributed by atoms with E-state index in [9.17, 15) is 0 Å². The summed E-state index contributed by atoms with van der Waals surface area (Å²) >= 11 is 0. The Balaban J connectivity index is 2.27. The second kappa shape index (κ2) is 7.81. The van der Waals surface area contributed by atoms with E-state index in [-0.39, 0.29) is 11.6 Å². The zero-order chi connectivity index (χ0) is 15.1. The number of benzene rings is 1. The van der Waals surface area contributed by atoms with Gasteiger partial charge >= 0.3 is 0 Å². The molecule has 2 atom stereocenters. The summed E-state index contributed by atoms with van der Waals surface area (Å²) in [6.45, 7) is 9.17. The SMILES string of the molecule is CCCNC(c1ccccc1OCCC)C1(C)CCCO1. The van der Waals surface area contributed by atoms with Gasteiger partial charge in [-0.25, -0.2) is 0 Å². The van der Waals surface area contributed by atoms with E-state index in [0.29, 0.717) is 0 Å². The lowest BCUT2D eigenvalue weighted by Gasteiger charge is -2.35. The standard InChI is InChI=1S/C18H29NO2/c1-4-12-19-17(18(3)11-8-14-21-18)15-9-6-7-10-16(15)20-13-5-2/h6-7,9-10,17,19H,4-5,8,11-14H2,1-3H3. The zero-order valence-electron chi connectivity index (χ0n) is 13.7. The molecule has 1 aliphatic rings. The number of ether oxygens (including phenoxy) is 2. The van der Waals surface area contributed by atoms with Crippen molar-refractivity contribution in [1.29, 1.82) is 0 Å². The van der Waals surface area contributed by atoms with Gasteiger partial charge in [0.2, 0.25) is 0 Å². The topological polar surface area (TPSA) is 30.5 Å². The minimum atomic E-state index is -0.138. The summed E-state index contributed by atoms with van der Waals surface area (Å²) in [6, 6.07) is 8.57. The van der Waals surface area contributed by atoms with Crippen LogP contribution in [-0.4, -0.2) is 25.4 Å². The molecule has 0 aromatic heterocycles. The minimum absolute atomic E-state index is 0.138. The molecule has 3 heteroatoms. The average molecular weight is 291 g/mol. The fourth-order valence-corrected chi connectivity index (χ4v) is 3.03. The summed E-state index contributed by atoms with van der Waals surface area (Å²) in [5.41, 5.74) is 1.09. The van der Waals surface area contributed by atoms with E-state index < -0.39 is 0 Å². The first kappa shape index (κ1) is 16.3. The Morgan fingerprint density at radius 2 is 2.10 bits per heavy atom. The monoisotopic (exact) mass is 291 g/mol. The van der Waals surface area contributed by atoms with Gasteiger partial charge in [0.25, 0.3) is 0 Å². The predicted octanol–water partition coefficient (Wildman–Crippen LogP) is 4.09. The molecular formula is C18H29NO2. The Bertz CT molecular complexity index is 427. The number of hydrogen-bond acceptors (Lipinski definition) is 3. The van der Waals surface area contributed by atoms with Crippen molar-refractivity contribution < 1.29 is 9.47 Å². The molecule has 0 spiro atoms. The Morgan fingerprint density at radius 3 is 2.76 bits per heavy atom. The van der Waals surface area contributed by atoms with Crippen molar-refractivity contribution in [2.45, 2.75) is 58.1 Å². The summed E-state index contributed by atoms with van der Waals surface area (Å²) in [7, 11) is 0. The van der Waals surface area contributed by atoms with Gasteiger partial charge in [-0.2, -0.15) is 0 Å². The van der Waals surface area contributed by atoms with Gasteiger partial charge in [-0.3, -0.25) is 0 Å². The minimum Gasteiger partial charge on any atom is -0.493 e. The zero-order valence-corrected chi connectivity index (χ0v) is 13.7. The molecule has 3 nitrogen and oxygen atoms in total. The highest BCUT2D eigenvalue weighted by molar-refractivity contribution is 5.37. The third kappa shape index (κ3) is 3.98. The highest BCUT2D eigenvalue weighted by Gasteiger charge is 2.40. The molecule has 1 aliphatic heterocycles. The third-order valence-corrected chi connectivity index (χ3v) is 4.15. The van der Waals surface area contributed by atoms with Crippen molar-refractivity contribution in [3.63, 3.8) is 0 Å². The summed E-state index contributed by atoms with van der Waals surface area (Å²) in [5.74, 6) is 0.990. The third-order valence-electron chi connectivity index (χ3n) is 4.15. The molecule has 1 fully saturated rings. The lowest BCUT2D eigenvalue weighted by atomic mass is 9.87. The van der Waals surface area contributed by atoms with Crippen LogP contribution in [0.5, 0.6) is 5.75 Å². The van der Waals surface area contributed by atoms with Crippen LogP contribution in [-0.2, 0) is 4.74 Å². The second-order valence-corrected chi connectivity index (χ2v) is 6.04. The van der Waals surface area contributed by atoms with E-state index in [1.807, 2.05) is 6.07 Å². The summed E-state index contributed by atoms with van der Waals surface area (Å²) < 4.78 is 12.1. The van der Waals surface area contributed by atoms with Crippen LogP contribution in [0.3, 0.4) is 0 Å². The van der Waals surface area contributed by atoms with Gasteiger partial charge in [-0.1, -0.05) is 32.0 Å². The summed E-state index contributed by atoms with van der Waals surface area (Å²) in [6.07, 6.45) is 4.37. The maximum Gasteiger partial charge on any atom is 0.124 e. The number of rotatable bonds is 8. The Hall–Kier alpha value is -1.06. The molecule has 118 valence electrons. The molecule has 1 saturated heterocycles. The largest absolute Gasteiger partial charge is 0.493 e. The molecule has 1 aromatic carbocycles. The molecule has 0 bridgehead atoms. The average Bonchev–Trinajstić information content (AvgIpc) is 2.94. The number of hydrogen-bond donors (Lipinski definition) is 1. The van der Waals surface area contributed by atoms with Gasteiger partial charge in [-0.15, -0.1) is 0 Å². The van der Waals surface area contributed by atoms with Gasteiger partial charge in [-0.05, 0) is 45.2 Å². The normalized spacial score (nSPS) is 23.2. The van der Waals surface area contributed by atoms with Crippen LogP contribution >= 0.6 is 0 Å². The van der Waals surface area contributed by atoms with E-state index in [1.165, 1.54) is 5.56 Å². The lowest BCUT2D eigenvalue weighted by Crippen LogP contribution is -2.41. The van der Waals surface area contributed by atoms with Crippen LogP contribution in [0.2, 0.25) is 0 Å². The molecule has 2 unspecified atom stereocenters. The first-order valence-electron chi connectivity index (χ1n) is 8.30. The van der Waals surface area contributed by atoms with Crippen molar-refractivity contribution in [1.82, 2.24) is 5.32 Å². The van der Waals surface area contributed by atoms with Crippen molar-refractivity contribution in [3.8, 4) is 5.75 Å². The van der Waals surface area contributed by atoms with Gasteiger partial charge in [0.15, 0.2) is 0 Å². The van der Waals surface area contributed by atoms with Gasteiger partial charge in [0.1, 0.15) is 5.75 Å². The Labute approximate surface area is 129 Å². The summed E-state index contributed by atoms with van der Waals surface area (Å²) in [4.78, 5) is 0. The van der Waals surface area contributed by atoms with E-state index in [0.717, 1.165) is 51.2 Å². The fourth-order valence-electron chi connectivity index (χ4n) is 3.03. The first-order chi connectivity index (χ1) is 10.2. The van der Waals surface area contributed by atoms with Crippen molar-refractivity contribution in [3.05, 3.63) is 29.8 Å². The van der Waals surface area contributed by atoms with Crippen LogP contribution in [0.25, 0.3) is 0 Å². The number of para-hydroxylation sites is 1. The van der Waals surface area contributed by atoms with Gasteiger partial charge < -0.3 is 14.8 Å². The molecule has 0 radical (unpaired) electrons. The molecule has 0 saturated carbocycles. The van der Waals surface area contributed by atoms with Crippen molar-refractivity contribution in [2.75, 3.05) is 19.8 Å². The second-order valence-electron chi connectivity index (χ2n) is 6.04. The van der Waals surface area contributed by atoms with Crippen LogP contribution in [0.1, 0.15) is 58.1 Å². The lowest BCUT2D eigenvalue weighted by molar-refractivity contribution is -0.0131. The molecule has 0 aliphatic carbocycles. The molecule has 2 rings (SSSR count). The quantitative estimate of drug-likeness (QED) is 0.782. The van der Waals surface area contributed by atoms with Crippen LogP contribution in [0.4, 0.5) is 0 Å². The smallest absolute Gasteiger partial charge is 0.124 e. The van der Waals surface area contributed by atoms with E-state index in [4.69, 9.17) is 9.47 Å². The van der Waals surface area contributed by atoms with Crippen LogP contribution < -0.4 is 10.1 Å². The van der Waals surface area contributed by atoms with Gasteiger partial charge in [0, 0.05) is 12.2 Å². The molecule has 1 heterocycles. The molecule has 1 N–H and O–H groups in total. The van der Waals surface area contributed by atoms with E-state index >= 15 is 0 Å². The van der Waals surface area contributed by atoms with E-state index in [1.54, 1.807) is 0 Å². The molecular weight excluding hydrogens is 262 g/mol. The molecule has 0 amide bonds. The Morgan fingerprint density at radius 1 is 1.29 bits per heavy atom. The maximum absolute atomic E-state index is 6.10. The van der Waals surface area contributed by atoms with Gasteiger partial charge in [0.05, 0.1) is 18.2 Å². The van der Waals surface area contributed by atoms with Crippen molar-refractivity contribution >= 4 is 0 Å². The molecule has 21 heavy (non-hydrogen) atoms. The number of nitrogens with one attached hydrogen (secondary N) is 1.